The second-order valence-electron chi connectivity index (χ2n) is 5.76. The van der Waals surface area contributed by atoms with Gasteiger partial charge in [0.25, 0.3) is 0 Å². The molecule has 0 aromatic carbocycles. The van der Waals surface area contributed by atoms with Gasteiger partial charge in [-0.15, -0.1) is 0 Å². The molecule has 3 heteroatoms. The fourth-order valence-electron chi connectivity index (χ4n) is 3.05. The zero-order valence-corrected chi connectivity index (χ0v) is 10.9. The molecule has 0 saturated carbocycles. The normalized spacial score (nSPS) is 29.1. The maximum Gasteiger partial charge on any atom is 0.0195 e. The van der Waals surface area contributed by atoms with E-state index in [2.05, 4.69) is 29.2 Å². The highest BCUT2D eigenvalue weighted by molar-refractivity contribution is 4.79. The lowest BCUT2D eigenvalue weighted by Crippen LogP contribution is -2.40. The third-order valence-corrected chi connectivity index (χ3v) is 4.10. The number of hydrogen-bond donors (Lipinski definition) is 1. The van der Waals surface area contributed by atoms with Gasteiger partial charge < -0.3 is 15.1 Å². The molecule has 0 amide bonds. The highest BCUT2D eigenvalue weighted by Crippen LogP contribution is 2.17. The van der Waals surface area contributed by atoms with Crippen LogP contribution in [0.4, 0.5) is 0 Å². The monoisotopic (exact) mass is 225 g/mol. The van der Waals surface area contributed by atoms with Gasteiger partial charge in [-0.05, 0) is 65.3 Å². The summed E-state index contributed by atoms with van der Waals surface area (Å²) in [5.41, 5.74) is 0. The number of hydrogen-bond acceptors (Lipinski definition) is 3. The molecule has 1 atom stereocenters. The van der Waals surface area contributed by atoms with Crippen LogP contribution in [0.2, 0.25) is 0 Å². The molecule has 0 aromatic rings. The van der Waals surface area contributed by atoms with Crippen molar-refractivity contribution >= 4 is 0 Å². The number of rotatable bonds is 4. The van der Waals surface area contributed by atoms with E-state index in [4.69, 9.17) is 0 Å². The Labute approximate surface area is 100 Å². The maximum atomic E-state index is 3.58. The summed E-state index contributed by atoms with van der Waals surface area (Å²) in [5, 5.41) is 3.58. The first-order valence-electron chi connectivity index (χ1n) is 6.84. The van der Waals surface area contributed by atoms with E-state index in [9.17, 15) is 0 Å². The smallest absolute Gasteiger partial charge is 0.0195 e. The Kier molecular flexibility index (Phi) is 4.62. The fraction of sp³-hybridized carbons (Fsp3) is 1.00. The van der Waals surface area contributed by atoms with E-state index in [1.54, 1.807) is 0 Å². The van der Waals surface area contributed by atoms with Crippen molar-refractivity contribution in [2.75, 3.05) is 46.8 Å². The second kappa shape index (κ2) is 5.99. The summed E-state index contributed by atoms with van der Waals surface area (Å²) in [6, 6.07) is 0.760. The van der Waals surface area contributed by atoms with Gasteiger partial charge in [0.1, 0.15) is 0 Å². The Morgan fingerprint density at radius 2 is 1.94 bits per heavy atom. The second-order valence-corrected chi connectivity index (χ2v) is 5.76. The topological polar surface area (TPSA) is 18.5 Å². The number of nitrogens with one attached hydrogen (secondary N) is 1. The predicted octanol–water partition coefficient (Wildman–Crippen LogP) is 1.01. The zero-order chi connectivity index (χ0) is 11.4. The predicted molar refractivity (Wildman–Crippen MR) is 68.7 cm³/mol. The third kappa shape index (κ3) is 3.72. The van der Waals surface area contributed by atoms with E-state index in [1.807, 2.05) is 0 Å². The summed E-state index contributed by atoms with van der Waals surface area (Å²) >= 11 is 0. The van der Waals surface area contributed by atoms with Gasteiger partial charge >= 0.3 is 0 Å². The van der Waals surface area contributed by atoms with Crippen LogP contribution in [0.15, 0.2) is 0 Å². The molecule has 2 rings (SSSR count). The summed E-state index contributed by atoms with van der Waals surface area (Å²) in [7, 11) is 4.53. The first kappa shape index (κ1) is 12.3. The minimum absolute atomic E-state index is 0.760. The summed E-state index contributed by atoms with van der Waals surface area (Å²) in [5.74, 6) is 0.933. The van der Waals surface area contributed by atoms with Gasteiger partial charge in [-0.25, -0.2) is 0 Å². The molecule has 0 unspecified atom stereocenters. The molecule has 0 radical (unpaired) electrons. The van der Waals surface area contributed by atoms with E-state index >= 15 is 0 Å². The lowest BCUT2D eigenvalue weighted by atomic mass is 9.96. The van der Waals surface area contributed by atoms with Crippen LogP contribution < -0.4 is 5.32 Å². The summed E-state index contributed by atoms with van der Waals surface area (Å²) in [4.78, 5) is 4.99. The molecule has 2 saturated heterocycles. The van der Waals surface area contributed by atoms with Crippen LogP contribution in [0.25, 0.3) is 0 Å². The maximum absolute atomic E-state index is 3.58. The van der Waals surface area contributed by atoms with Gasteiger partial charge in [0.05, 0.1) is 0 Å². The molecule has 0 spiro atoms. The Morgan fingerprint density at radius 1 is 1.19 bits per heavy atom. The molecule has 0 aliphatic carbocycles. The van der Waals surface area contributed by atoms with Gasteiger partial charge in [-0.3, -0.25) is 0 Å². The first-order valence-corrected chi connectivity index (χ1v) is 6.84. The van der Waals surface area contributed by atoms with Crippen molar-refractivity contribution in [3.05, 3.63) is 0 Å². The lowest BCUT2D eigenvalue weighted by Gasteiger charge is -2.32. The van der Waals surface area contributed by atoms with Gasteiger partial charge in [-0.2, -0.15) is 0 Å². The minimum Gasteiger partial charge on any atom is -0.313 e. The molecule has 2 heterocycles. The van der Waals surface area contributed by atoms with E-state index in [1.165, 1.54) is 58.4 Å². The molecule has 0 aromatic heterocycles. The van der Waals surface area contributed by atoms with Crippen LogP contribution >= 0.6 is 0 Å². The van der Waals surface area contributed by atoms with Crippen LogP contribution in [0.3, 0.4) is 0 Å². The fourth-order valence-corrected chi connectivity index (χ4v) is 3.05. The number of likely N-dealkylation sites (tertiary alicyclic amines) is 1. The number of likely N-dealkylation sites (N-methyl/N-ethyl adjacent to an activating group) is 1. The van der Waals surface area contributed by atoms with Crippen molar-refractivity contribution in [2.24, 2.45) is 5.92 Å². The van der Waals surface area contributed by atoms with E-state index < -0.39 is 0 Å². The molecule has 94 valence electrons. The van der Waals surface area contributed by atoms with Crippen molar-refractivity contribution in [2.45, 2.75) is 31.7 Å². The molecule has 16 heavy (non-hydrogen) atoms. The molecular formula is C13H27N3. The largest absolute Gasteiger partial charge is 0.313 e. The molecule has 2 aliphatic heterocycles. The Morgan fingerprint density at radius 3 is 2.56 bits per heavy atom. The van der Waals surface area contributed by atoms with Gasteiger partial charge in [0, 0.05) is 19.1 Å². The summed E-state index contributed by atoms with van der Waals surface area (Å²) in [6.07, 6.45) is 5.52. The SMILES string of the molecule is CN1CCC(CN(C)C[C@H]2CCCN2)CC1. The van der Waals surface area contributed by atoms with Crippen LogP contribution in [-0.4, -0.2) is 62.7 Å². The summed E-state index contributed by atoms with van der Waals surface area (Å²) in [6.45, 7) is 6.35. The van der Waals surface area contributed by atoms with Crippen molar-refractivity contribution in [3.63, 3.8) is 0 Å². The average Bonchev–Trinajstić information content (AvgIpc) is 2.74. The van der Waals surface area contributed by atoms with E-state index in [0.717, 1.165) is 12.0 Å². The summed E-state index contributed by atoms with van der Waals surface area (Å²) < 4.78 is 0. The Bertz CT molecular complexity index is 193. The van der Waals surface area contributed by atoms with Gasteiger partial charge in [-0.1, -0.05) is 0 Å². The molecule has 2 fully saturated rings. The molecule has 1 N–H and O–H groups in total. The first-order chi connectivity index (χ1) is 7.74. The van der Waals surface area contributed by atoms with Crippen LogP contribution in [0.1, 0.15) is 25.7 Å². The van der Waals surface area contributed by atoms with Crippen molar-refractivity contribution in [1.29, 1.82) is 0 Å². The molecular weight excluding hydrogens is 198 g/mol. The highest BCUT2D eigenvalue weighted by Gasteiger charge is 2.20. The van der Waals surface area contributed by atoms with Crippen molar-refractivity contribution in [1.82, 2.24) is 15.1 Å². The van der Waals surface area contributed by atoms with Crippen LogP contribution in [0, 0.1) is 5.92 Å². The van der Waals surface area contributed by atoms with Crippen LogP contribution in [0.5, 0.6) is 0 Å². The number of piperidine rings is 1. The van der Waals surface area contributed by atoms with E-state index in [0.29, 0.717) is 0 Å². The van der Waals surface area contributed by atoms with Crippen molar-refractivity contribution in [3.8, 4) is 0 Å². The zero-order valence-electron chi connectivity index (χ0n) is 10.9. The molecule has 2 aliphatic rings. The van der Waals surface area contributed by atoms with Crippen molar-refractivity contribution < 1.29 is 0 Å². The quantitative estimate of drug-likeness (QED) is 0.770. The number of nitrogens with zero attached hydrogens (tertiary/aromatic N) is 2. The Balaban J connectivity index is 1.64. The third-order valence-electron chi connectivity index (χ3n) is 4.10. The Hall–Kier alpha value is -0.120. The standard InChI is InChI=1S/C13H27N3/c1-15-8-5-12(6-9-15)10-16(2)11-13-4-3-7-14-13/h12-14H,3-11H2,1-2H3/t13-/m1/s1. The molecule has 3 nitrogen and oxygen atoms in total. The van der Waals surface area contributed by atoms with Gasteiger partial charge in [0.2, 0.25) is 0 Å². The van der Waals surface area contributed by atoms with Crippen LogP contribution in [-0.2, 0) is 0 Å². The van der Waals surface area contributed by atoms with E-state index in [-0.39, 0.29) is 0 Å². The minimum atomic E-state index is 0.760. The highest BCUT2D eigenvalue weighted by atomic mass is 15.1. The molecule has 0 bridgehead atoms. The average molecular weight is 225 g/mol. The lowest BCUT2D eigenvalue weighted by molar-refractivity contribution is 0.171. The van der Waals surface area contributed by atoms with Gasteiger partial charge in [0.15, 0.2) is 0 Å².